The van der Waals surface area contributed by atoms with E-state index in [1.807, 2.05) is 23.9 Å². The molecule has 7 heteroatoms. The quantitative estimate of drug-likeness (QED) is 0.841. The highest BCUT2D eigenvalue weighted by Crippen LogP contribution is 2.31. The normalized spacial score (nSPS) is 21.8. The molecule has 2 aliphatic rings. The summed E-state index contributed by atoms with van der Waals surface area (Å²) in [7, 11) is 3.70. The predicted octanol–water partition coefficient (Wildman–Crippen LogP) is 1.86. The summed E-state index contributed by atoms with van der Waals surface area (Å²) in [5, 5.41) is 8.53. The van der Waals surface area contributed by atoms with Gasteiger partial charge in [0.15, 0.2) is 0 Å². The Kier molecular flexibility index (Phi) is 5.03. The first-order valence-corrected chi connectivity index (χ1v) is 9.34. The first kappa shape index (κ1) is 17.9. The van der Waals surface area contributed by atoms with Crippen molar-refractivity contribution in [2.75, 3.05) is 19.1 Å². The first-order valence-electron chi connectivity index (χ1n) is 9.34. The SMILES string of the molecule is CO[C@@H]1CCC[C@H](Oc2cc(F)ccc2NC2=c3c(ccn3C)=NCN2)C1. The standard InChI is InChI=1S/C20H25FN4O2/c1-25-9-8-17-19(25)20(23-12-22-17)24-16-7-6-13(21)10-18(16)27-15-5-3-4-14(11-15)26-2/h6-10,14-15,23-24H,3-5,11-12H2,1-2H3/t14-,15+/m1/s1. The van der Waals surface area contributed by atoms with Crippen LogP contribution in [-0.4, -0.2) is 30.6 Å². The van der Waals surface area contributed by atoms with E-state index in [9.17, 15) is 4.39 Å². The Balaban J connectivity index is 1.63. The fourth-order valence-corrected chi connectivity index (χ4v) is 3.77. The number of aryl methyl sites for hydroxylation is 1. The molecule has 0 bridgehead atoms. The molecule has 6 nitrogen and oxygen atoms in total. The van der Waals surface area contributed by atoms with E-state index in [1.54, 1.807) is 13.2 Å². The Morgan fingerprint density at radius 3 is 2.96 bits per heavy atom. The van der Waals surface area contributed by atoms with Gasteiger partial charge >= 0.3 is 0 Å². The van der Waals surface area contributed by atoms with Crippen molar-refractivity contribution < 1.29 is 13.9 Å². The highest BCUT2D eigenvalue weighted by molar-refractivity contribution is 5.69. The number of anilines is 1. The molecule has 0 unspecified atom stereocenters. The molecule has 0 amide bonds. The minimum absolute atomic E-state index is 0.0240. The zero-order valence-electron chi connectivity index (χ0n) is 15.7. The van der Waals surface area contributed by atoms with Crippen molar-refractivity contribution in [3.63, 3.8) is 0 Å². The largest absolute Gasteiger partial charge is 0.488 e. The van der Waals surface area contributed by atoms with Gasteiger partial charge in [-0.3, -0.25) is 4.99 Å². The minimum Gasteiger partial charge on any atom is -0.488 e. The molecule has 0 saturated heterocycles. The third kappa shape index (κ3) is 3.78. The number of benzene rings is 1. The molecule has 2 atom stereocenters. The monoisotopic (exact) mass is 372 g/mol. The highest BCUT2D eigenvalue weighted by Gasteiger charge is 2.24. The van der Waals surface area contributed by atoms with E-state index in [0.29, 0.717) is 12.4 Å². The lowest BCUT2D eigenvalue weighted by Gasteiger charge is -2.29. The van der Waals surface area contributed by atoms with Crippen molar-refractivity contribution in [2.24, 2.45) is 12.0 Å². The fourth-order valence-electron chi connectivity index (χ4n) is 3.77. The third-order valence-electron chi connectivity index (χ3n) is 5.20. The summed E-state index contributed by atoms with van der Waals surface area (Å²) in [4.78, 5) is 4.46. The Labute approximate surface area is 157 Å². The van der Waals surface area contributed by atoms with Gasteiger partial charge in [0.1, 0.15) is 35.5 Å². The molecule has 27 heavy (non-hydrogen) atoms. The van der Waals surface area contributed by atoms with E-state index in [1.165, 1.54) is 12.1 Å². The van der Waals surface area contributed by atoms with Crippen molar-refractivity contribution >= 4 is 11.5 Å². The molecule has 2 N–H and O–H groups in total. The molecule has 4 rings (SSSR count). The van der Waals surface area contributed by atoms with Crippen LogP contribution in [0.5, 0.6) is 5.75 Å². The van der Waals surface area contributed by atoms with Gasteiger partial charge in [0.25, 0.3) is 0 Å². The zero-order chi connectivity index (χ0) is 18.8. The molecule has 1 aliphatic heterocycles. The van der Waals surface area contributed by atoms with Crippen molar-refractivity contribution in [3.05, 3.63) is 47.0 Å². The molecular weight excluding hydrogens is 347 g/mol. The van der Waals surface area contributed by atoms with Crippen LogP contribution in [0.4, 0.5) is 10.1 Å². The predicted molar refractivity (Wildman–Crippen MR) is 101 cm³/mol. The maximum Gasteiger partial charge on any atom is 0.146 e. The molecule has 1 fully saturated rings. The summed E-state index contributed by atoms with van der Waals surface area (Å²) in [5.41, 5.74) is 0.729. The van der Waals surface area contributed by atoms with Crippen LogP contribution in [-0.2, 0) is 11.8 Å². The summed E-state index contributed by atoms with van der Waals surface area (Å²) in [5.74, 6) is 1.04. The van der Waals surface area contributed by atoms with Crippen LogP contribution in [0, 0.1) is 5.82 Å². The van der Waals surface area contributed by atoms with Gasteiger partial charge in [0, 0.05) is 32.8 Å². The summed E-state index contributed by atoms with van der Waals surface area (Å²) >= 11 is 0. The maximum absolute atomic E-state index is 13.9. The number of rotatable bonds is 5. The average molecular weight is 372 g/mol. The third-order valence-corrected chi connectivity index (χ3v) is 5.20. The molecule has 1 aliphatic carbocycles. The van der Waals surface area contributed by atoms with Gasteiger partial charge in [-0.2, -0.15) is 0 Å². The Morgan fingerprint density at radius 2 is 2.11 bits per heavy atom. The van der Waals surface area contributed by atoms with E-state index in [-0.39, 0.29) is 18.0 Å². The fraction of sp³-hybridized carbons (Fsp3) is 0.450. The van der Waals surface area contributed by atoms with Crippen LogP contribution in [0.2, 0.25) is 0 Å². The van der Waals surface area contributed by atoms with Crippen molar-refractivity contribution in [1.82, 2.24) is 9.88 Å². The number of fused-ring (bicyclic) bond motifs is 1. The van der Waals surface area contributed by atoms with E-state index in [2.05, 4.69) is 15.6 Å². The van der Waals surface area contributed by atoms with Gasteiger partial charge < -0.3 is 24.7 Å². The lowest BCUT2D eigenvalue weighted by Crippen LogP contribution is -2.42. The molecule has 2 aromatic rings. The Morgan fingerprint density at radius 1 is 1.26 bits per heavy atom. The Bertz CT molecular complexity index is 940. The van der Waals surface area contributed by atoms with E-state index >= 15 is 0 Å². The number of halogens is 1. The van der Waals surface area contributed by atoms with Gasteiger partial charge in [-0.15, -0.1) is 0 Å². The second-order valence-corrected chi connectivity index (χ2v) is 7.06. The summed E-state index contributed by atoms with van der Waals surface area (Å²) in [6.07, 6.45) is 6.07. The van der Waals surface area contributed by atoms with Crippen molar-refractivity contribution in [2.45, 2.75) is 37.9 Å². The average Bonchev–Trinajstić information content (AvgIpc) is 3.06. The lowest BCUT2D eigenvalue weighted by molar-refractivity contribution is 0.0211. The summed E-state index contributed by atoms with van der Waals surface area (Å²) in [6.45, 7) is 0.495. The van der Waals surface area contributed by atoms with Crippen molar-refractivity contribution in [3.8, 4) is 5.75 Å². The number of aromatic nitrogens is 1. The number of nitrogens with one attached hydrogen (secondary N) is 2. The zero-order valence-corrected chi connectivity index (χ0v) is 15.7. The molecule has 0 radical (unpaired) electrons. The van der Waals surface area contributed by atoms with Crippen LogP contribution in [0.15, 0.2) is 35.5 Å². The Hall–Kier alpha value is -2.54. The molecule has 1 aromatic heterocycles. The maximum atomic E-state index is 13.9. The van der Waals surface area contributed by atoms with Crippen LogP contribution in [0.1, 0.15) is 25.7 Å². The van der Waals surface area contributed by atoms with Crippen LogP contribution < -0.4 is 26.1 Å². The lowest BCUT2D eigenvalue weighted by atomic mass is 9.95. The molecule has 144 valence electrons. The van der Waals surface area contributed by atoms with Gasteiger partial charge in [-0.1, -0.05) is 0 Å². The van der Waals surface area contributed by atoms with Gasteiger partial charge in [-0.05, 0) is 37.5 Å². The molecule has 2 heterocycles. The van der Waals surface area contributed by atoms with Gasteiger partial charge in [0.2, 0.25) is 0 Å². The minimum atomic E-state index is -0.314. The number of hydrogen-bond donors (Lipinski definition) is 2. The number of nitrogens with zero attached hydrogens (tertiary/aromatic N) is 2. The number of ether oxygens (including phenoxy) is 2. The highest BCUT2D eigenvalue weighted by atomic mass is 19.1. The molecule has 0 spiro atoms. The van der Waals surface area contributed by atoms with Gasteiger partial charge in [-0.25, -0.2) is 4.39 Å². The topological polar surface area (TPSA) is 59.8 Å². The van der Waals surface area contributed by atoms with Crippen LogP contribution in [0.25, 0.3) is 5.82 Å². The number of hydrogen-bond acceptors (Lipinski definition) is 5. The second-order valence-electron chi connectivity index (χ2n) is 7.06. The number of methoxy groups -OCH3 is 1. The van der Waals surface area contributed by atoms with E-state index in [0.717, 1.165) is 47.9 Å². The van der Waals surface area contributed by atoms with Gasteiger partial charge in [0.05, 0.1) is 17.1 Å². The van der Waals surface area contributed by atoms with Crippen molar-refractivity contribution in [1.29, 1.82) is 0 Å². The second kappa shape index (κ2) is 7.60. The van der Waals surface area contributed by atoms with Crippen LogP contribution in [0.3, 0.4) is 0 Å². The molecule has 1 saturated carbocycles. The van der Waals surface area contributed by atoms with Crippen LogP contribution >= 0.6 is 0 Å². The molecule has 1 aromatic carbocycles. The van der Waals surface area contributed by atoms with E-state index < -0.39 is 0 Å². The summed E-state index contributed by atoms with van der Waals surface area (Å²) in [6, 6.07) is 6.57. The first-order chi connectivity index (χ1) is 13.1. The van der Waals surface area contributed by atoms with E-state index in [4.69, 9.17) is 9.47 Å². The smallest absolute Gasteiger partial charge is 0.146 e. The summed E-state index contributed by atoms with van der Waals surface area (Å²) < 4.78 is 27.6. The molecular formula is C20H25FN4O2.